The van der Waals surface area contributed by atoms with Crippen LogP contribution in [-0.2, 0) is 0 Å². The molecule has 0 saturated heterocycles. The molecule has 1 N–H and O–H groups in total. The van der Waals surface area contributed by atoms with E-state index in [0.29, 0.717) is 0 Å². The smallest absolute Gasteiger partial charge is 0.0575 e. The lowest BCUT2D eigenvalue weighted by Crippen LogP contribution is -2.39. The maximum absolute atomic E-state index is 9.50. The highest BCUT2D eigenvalue weighted by Crippen LogP contribution is 2.30. The van der Waals surface area contributed by atoms with Crippen molar-refractivity contribution in [3.05, 3.63) is 0 Å². The number of aliphatic hydroxyl groups is 1. The van der Waals surface area contributed by atoms with Crippen molar-refractivity contribution in [1.29, 1.82) is 0 Å². The van der Waals surface area contributed by atoms with Gasteiger partial charge in [0.05, 0.1) is 6.10 Å². The molecule has 1 aliphatic carbocycles. The molecule has 0 aromatic rings. The molecular weight excluding hydrogens is 150 g/mol. The van der Waals surface area contributed by atoms with E-state index in [1.807, 2.05) is 6.92 Å². The summed E-state index contributed by atoms with van der Waals surface area (Å²) in [5, 5.41) is 9.50. The van der Waals surface area contributed by atoms with Crippen LogP contribution in [0.5, 0.6) is 0 Å². The molecule has 0 heterocycles. The second kappa shape index (κ2) is 3.35. The van der Waals surface area contributed by atoms with E-state index in [-0.39, 0.29) is 11.5 Å². The predicted molar refractivity (Wildman–Crippen MR) is 51.1 cm³/mol. The molecule has 1 saturated carbocycles. The summed E-state index contributed by atoms with van der Waals surface area (Å²) in [7, 11) is 2.15. The van der Waals surface area contributed by atoms with Gasteiger partial charge in [-0.1, -0.05) is 13.8 Å². The van der Waals surface area contributed by atoms with Gasteiger partial charge in [0, 0.05) is 18.0 Å². The van der Waals surface area contributed by atoms with Crippen molar-refractivity contribution in [3.8, 4) is 0 Å². The molecule has 0 spiro atoms. The summed E-state index contributed by atoms with van der Waals surface area (Å²) < 4.78 is 0. The zero-order valence-electron chi connectivity index (χ0n) is 8.67. The van der Waals surface area contributed by atoms with Crippen LogP contribution in [0.1, 0.15) is 33.6 Å². The fourth-order valence-electron chi connectivity index (χ4n) is 1.42. The quantitative estimate of drug-likeness (QED) is 0.692. The van der Waals surface area contributed by atoms with Crippen LogP contribution in [0.2, 0.25) is 0 Å². The van der Waals surface area contributed by atoms with Crippen molar-refractivity contribution in [2.24, 2.45) is 5.41 Å². The maximum atomic E-state index is 9.50. The molecule has 2 nitrogen and oxygen atoms in total. The van der Waals surface area contributed by atoms with Gasteiger partial charge in [0.1, 0.15) is 0 Å². The number of aliphatic hydroxyl groups excluding tert-OH is 1. The molecule has 1 atom stereocenters. The van der Waals surface area contributed by atoms with E-state index in [1.165, 1.54) is 12.8 Å². The molecule has 0 radical (unpaired) electrons. The Kier molecular flexibility index (Phi) is 2.79. The highest BCUT2D eigenvalue weighted by atomic mass is 16.3. The normalized spacial score (nSPS) is 21.5. The van der Waals surface area contributed by atoms with Crippen molar-refractivity contribution < 1.29 is 5.11 Å². The third-order valence-electron chi connectivity index (χ3n) is 2.96. The molecule has 2 heteroatoms. The molecule has 72 valence electrons. The van der Waals surface area contributed by atoms with E-state index in [0.717, 1.165) is 12.6 Å². The van der Waals surface area contributed by atoms with Crippen LogP contribution >= 0.6 is 0 Å². The molecular formula is C10H21NO. The molecule has 1 aliphatic rings. The molecule has 0 amide bonds. The highest BCUT2D eigenvalue weighted by molar-refractivity contribution is 4.87. The molecule has 0 aromatic carbocycles. The van der Waals surface area contributed by atoms with Gasteiger partial charge in [-0.05, 0) is 26.8 Å². The van der Waals surface area contributed by atoms with Crippen LogP contribution in [0, 0.1) is 5.41 Å². The third kappa shape index (κ3) is 2.46. The zero-order valence-corrected chi connectivity index (χ0v) is 8.67. The Labute approximate surface area is 75.6 Å². The minimum atomic E-state index is -0.223. The Morgan fingerprint density at radius 2 is 2.00 bits per heavy atom. The monoisotopic (exact) mass is 171 g/mol. The summed E-state index contributed by atoms with van der Waals surface area (Å²) in [5.41, 5.74) is 0.0251. The van der Waals surface area contributed by atoms with Crippen LogP contribution in [0.15, 0.2) is 0 Å². The van der Waals surface area contributed by atoms with Crippen LogP contribution < -0.4 is 0 Å². The molecule has 1 unspecified atom stereocenters. The second-order valence-corrected chi connectivity index (χ2v) is 4.81. The van der Waals surface area contributed by atoms with Gasteiger partial charge in [-0.15, -0.1) is 0 Å². The average molecular weight is 171 g/mol. The molecule has 12 heavy (non-hydrogen) atoms. The van der Waals surface area contributed by atoms with Gasteiger partial charge in [0.15, 0.2) is 0 Å². The van der Waals surface area contributed by atoms with Gasteiger partial charge in [-0.3, -0.25) is 0 Å². The van der Waals surface area contributed by atoms with E-state index in [1.54, 1.807) is 0 Å². The second-order valence-electron chi connectivity index (χ2n) is 4.81. The number of rotatable bonds is 4. The predicted octanol–water partition coefficient (Wildman–Crippen LogP) is 1.49. The Balaban J connectivity index is 2.36. The van der Waals surface area contributed by atoms with Crippen molar-refractivity contribution in [1.82, 2.24) is 4.90 Å². The summed E-state index contributed by atoms with van der Waals surface area (Å²) in [6, 6.07) is 0.794. The van der Waals surface area contributed by atoms with Gasteiger partial charge in [0.2, 0.25) is 0 Å². The van der Waals surface area contributed by atoms with E-state index in [9.17, 15) is 5.11 Å². The highest BCUT2D eigenvalue weighted by Gasteiger charge is 2.32. The Bertz CT molecular complexity index is 150. The molecule has 1 fully saturated rings. The lowest BCUT2D eigenvalue weighted by atomic mass is 9.87. The molecule has 0 aliphatic heterocycles. The first-order chi connectivity index (χ1) is 5.43. The van der Waals surface area contributed by atoms with E-state index in [2.05, 4.69) is 25.8 Å². The van der Waals surface area contributed by atoms with Gasteiger partial charge in [0.25, 0.3) is 0 Å². The van der Waals surface area contributed by atoms with Gasteiger partial charge >= 0.3 is 0 Å². The van der Waals surface area contributed by atoms with Gasteiger partial charge in [-0.25, -0.2) is 0 Å². The Morgan fingerprint density at radius 3 is 2.33 bits per heavy atom. The Hall–Kier alpha value is -0.0800. The van der Waals surface area contributed by atoms with E-state index >= 15 is 0 Å². The Morgan fingerprint density at radius 1 is 1.50 bits per heavy atom. The fourth-order valence-corrected chi connectivity index (χ4v) is 1.42. The van der Waals surface area contributed by atoms with Crippen molar-refractivity contribution in [2.75, 3.05) is 13.6 Å². The zero-order chi connectivity index (χ0) is 9.35. The van der Waals surface area contributed by atoms with Crippen LogP contribution in [-0.4, -0.2) is 35.7 Å². The summed E-state index contributed by atoms with van der Waals surface area (Å²) >= 11 is 0. The topological polar surface area (TPSA) is 23.5 Å². The first kappa shape index (κ1) is 10.0. The first-order valence-electron chi connectivity index (χ1n) is 4.82. The van der Waals surface area contributed by atoms with E-state index in [4.69, 9.17) is 0 Å². The fraction of sp³-hybridized carbons (Fsp3) is 1.00. The average Bonchev–Trinajstić information content (AvgIpc) is 2.65. The standard InChI is InChI=1S/C10H21NO/c1-8(12)10(2,3)7-11(4)9-5-6-9/h8-9,12H,5-7H2,1-4H3. The minimum Gasteiger partial charge on any atom is -0.393 e. The largest absolute Gasteiger partial charge is 0.393 e. The van der Waals surface area contributed by atoms with Gasteiger partial charge in [-0.2, -0.15) is 0 Å². The first-order valence-corrected chi connectivity index (χ1v) is 4.82. The summed E-state index contributed by atoms with van der Waals surface area (Å²) in [6.07, 6.45) is 2.46. The summed E-state index contributed by atoms with van der Waals surface area (Å²) in [5.74, 6) is 0. The van der Waals surface area contributed by atoms with Crippen molar-refractivity contribution in [3.63, 3.8) is 0 Å². The number of hydrogen-bond acceptors (Lipinski definition) is 2. The van der Waals surface area contributed by atoms with Crippen LogP contribution in [0.25, 0.3) is 0 Å². The van der Waals surface area contributed by atoms with Crippen molar-refractivity contribution in [2.45, 2.75) is 45.8 Å². The summed E-state index contributed by atoms with van der Waals surface area (Å²) in [6.45, 7) is 7.11. The minimum absolute atomic E-state index is 0.0251. The molecule has 0 aromatic heterocycles. The summed E-state index contributed by atoms with van der Waals surface area (Å²) in [4.78, 5) is 2.37. The maximum Gasteiger partial charge on any atom is 0.0575 e. The number of hydrogen-bond donors (Lipinski definition) is 1. The lowest BCUT2D eigenvalue weighted by molar-refractivity contribution is 0.0391. The van der Waals surface area contributed by atoms with Crippen LogP contribution in [0.4, 0.5) is 0 Å². The molecule has 0 bridgehead atoms. The van der Waals surface area contributed by atoms with Crippen molar-refractivity contribution >= 4 is 0 Å². The van der Waals surface area contributed by atoms with E-state index < -0.39 is 0 Å². The van der Waals surface area contributed by atoms with Gasteiger partial charge < -0.3 is 10.0 Å². The SMILES string of the molecule is CC(O)C(C)(C)CN(C)C1CC1. The third-order valence-corrected chi connectivity index (χ3v) is 2.96. The molecule has 1 rings (SSSR count). The lowest BCUT2D eigenvalue weighted by Gasteiger charge is -2.32. The number of nitrogens with zero attached hydrogens (tertiary/aromatic N) is 1. The van der Waals surface area contributed by atoms with Crippen LogP contribution in [0.3, 0.4) is 0 Å².